The van der Waals surface area contributed by atoms with E-state index >= 15 is 0 Å². The molecule has 1 N–H and O–H groups in total. The first-order chi connectivity index (χ1) is 14.1. The summed E-state index contributed by atoms with van der Waals surface area (Å²) in [4.78, 5) is 36.9. The van der Waals surface area contributed by atoms with E-state index in [9.17, 15) is 9.59 Å². The van der Waals surface area contributed by atoms with Gasteiger partial charge in [-0.1, -0.05) is 6.92 Å². The van der Waals surface area contributed by atoms with Gasteiger partial charge in [-0.25, -0.2) is 10.2 Å². The van der Waals surface area contributed by atoms with E-state index in [2.05, 4.69) is 21.9 Å². The molecular weight excluding hydrogens is 368 g/mol. The molecule has 0 saturated carbocycles. The monoisotopic (exact) mass is 392 g/mol. The lowest BCUT2D eigenvalue weighted by molar-refractivity contribution is -0.119. The third-order valence-electron chi connectivity index (χ3n) is 5.17. The maximum absolute atomic E-state index is 12.4. The van der Waals surface area contributed by atoms with Crippen LogP contribution in [-0.4, -0.2) is 46.3 Å². The number of carbonyl (C=O) groups excluding carboxylic acids is 2. The Hall–Kier alpha value is -3.47. The minimum absolute atomic E-state index is 0.0389. The van der Waals surface area contributed by atoms with Crippen molar-refractivity contribution in [2.24, 2.45) is 5.92 Å². The third kappa shape index (κ3) is 4.51. The normalized spacial score (nSPS) is 18.3. The number of anilines is 3. The van der Waals surface area contributed by atoms with Crippen LogP contribution in [0, 0.1) is 17.8 Å². The maximum Gasteiger partial charge on any atom is 0.253 e. The molecule has 2 aliphatic heterocycles. The number of hydrogen-bond donors (Lipinski definition) is 1. The Morgan fingerprint density at radius 3 is 2.45 bits per heavy atom. The summed E-state index contributed by atoms with van der Waals surface area (Å²) in [6.45, 7) is 7.80. The van der Waals surface area contributed by atoms with Gasteiger partial charge >= 0.3 is 0 Å². The Balaban J connectivity index is 0.00000117. The van der Waals surface area contributed by atoms with Gasteiger partial charge in [-0.2, -0.15) is 4.98 Å². The average Bonchev–Trinajstić information content (AvgIpc) is 3.41. The quantitative estimate of drug-likeness (QED) is 0.858. The Bertz CT molecular complexity index is 890. The number of amides is 2. The van der Waals surface area contributed by atoms with E-state index in [4.69, 9.17) is 5.26 Å². The Morgan fingerprint density at radius 2 is 1.83 bits per heavy atom. The molecule has 1 atom stereocenters. The zero-order valence-corrected chi connectivity index (χ0v) is 16.4. The predicted octanol–water partition coefficient (Wildman–Crippen LogP) is 2.97. The van der Waals surface area contributed by atoms with E-state index in [1.54, 1.807) is 17.2 Å². The van der Waals surface area contributed by atoms with Crippen LogP contribution in [0.15, 0.2) is 36.5 Å². The topological polar surface area (TPSA) is 102 Å². The molecule has 4 rings (SSSR count). The van der Waals surface area contributed by atoms with Gasteiger partial charge in [-0.3, -0.25) is 14.5 Å². The zero-order chi connectivity index (χ0) is 20.8. The van der Waals surface area contributed by atoms with E-state index in [-0.39, 0.29) is 17.7 Å². The molecule has 0 bridgehead atoms. The van der Waals surface area contributed by atoms with Crippen LogP contribution in [-0.2, 0) is 4.79 Å². The highest BCUT2D eigenvalue weighted by atomic mass is 16.2. The summed E-state index contributed by atoms with van der Waals surface area (Å²) in [5.74, 6) is 1.27. The van der Waals surface area contributed by atoms with Gasteiger partial charge in [-0.05, 0) is 49.6 Å². The summed E-state index contributed by atoms with van der Waals surface area (Å²) in [5, 5.41) is 9.64. The molecule has 3 heterocycles. The van der Waals surface area contributed by atoms with Gasteiger partial charge in [0.2, 0.25) is 11.9 Å². The van der Waals surface area contributed by atoms with Gasteiger partial charge < -0.3 is 10.2 Å². The Kier molecular flexibility index (Phi) is 6.39. The Morgan fingerprint density at radius 1 is 1.14 bits per heavy atom. The van der Waals surface area contributed by atoms with Crippen LogP contribution in [0.1, 0.15) is 36.5 Å². The molecule has 0 aliphatic carbocycles. The van der Waals surface area contributed by atoms with Crippen LogP contribution in [0.3, 0.4) is 0 Å². The Labute approximate surface area is 170 Å². The first-order valence-electron chi connectivity index (χ1n) is 9.68. The molecular formula is C21H24N6O2. The first-order valence-corrected chi connectivity index (χ1v) is 9.68. The second-order valence-electron chi connectivity index (χ2n) is 7.12. The number of benzene rings is 1. The van der Waals surface area contributed by atoms with E-state index in [1.165, 1.54) is 0 Å². The minimum atomic E-state index is 0.0389. The van der Waals surface area contributed by atoms with Gasteiger partial charge in [0.1, 0.15) is 5.82 Å². The van der Waals surface area contributed by atoms with Crippen molar-refractivity contribution in [1.82, 2.24) is 14.9 Å². The molecule has 1 aromatic heterocycles. The fourth-order valence-corrected chi connectivity index (χ4v) is 3.54. The number of nitrogens with zero attached hydrogens (tertiary/aromatic N) is 5. The van der Waals surface area contributed by atoms with Gasteiger partial charge in [0.05, 0.1) is 0 Å². The number of aromatic nitrogens is 2. The number of rotatable bonds is 4. The third-order valence-corrected chi connectivity index (χ3v) is 5.17. The highest BCUT2D eigenvalue weighted by Crippen LogP contribution is 2.24. The van der Waals surface area contributed by atoms with Crippen LogP contribution >= 0.6 is 0 Å². The van der Waals surface area contributed by atoms with Gasteiger partial charge in [0.25, 0.3) is 5.91 Å². The van der Waals surface area contributed by atoms with Crippen LogP contribution in [0.5, 0.6) is 0 Å². The van der Waals surface area contributed by atoms with Crippen molar-refractivity contribution in [1.29, 1.82) is 5.26 Å². The zero-order valence-electron chi connectivity index (χ0n) is 16.4. The van der Waals surface area contributed by atoms with E-state index in [1.807, 2.05) is 36.1 Å². The molecule has 2 aromatic rings. The van der Waals surface area contributed by atoms with Crippen LogP contribution in [0.2, 0.25) is 0 Å². The van der Waals surface area contributed by atoms with Crippen molar-refractivity contribution in [2.75, 3.05) is 29.9 Å². The highest BCUT2D eigenvalue weighted by Gasteiger charge is 2.30. The molecule has 8 heteroatoms. The van der Waals surface area contributed by atoms with Crippen LogP contribution in [0.25, 0.3) is 0 Å². The lowest BCUT2D eigenvalue weighted by atomic mass is 10.1. The smallest absolute Gasteiger partial charge is 0.253 e. The fourth-order valence-electron chi connectivity index (χ4n) is 3.54. The van der Waals surface area contributed by atoms with E-state index in [0.29, 0.717) is 23.9 Å². The summed E-state index contributed by atoms with van der Waals surface area (Å²) < 4.78 is 0. The summed E-state index contributed by atoms with van der Waals surface area (Å²) in [6.07, 6.45) is 4.65. The van der Waals surface area contributed by atoms with Crippen molar-refractivity contribution < 1.29 is 9.59 Å². The van der Waals surface area contributed by atoms with Gasteiger partial charge in [0.15, 0.2) is 0 Å². The number of hydrogen-bond acceptors (Lipinski definition) is 6. The maximum atomic E-state index is 12.4. The van der Waals surface area contributed by atoms with Crippen molar-refractivity contribution >= 4 is 29.3 Å². The average molecular weight is 392 g/mol. The van der Waals surface area contributed by atoms with E-state index < -0.39 is 0 Å². The fraction of sp³-hybridized carbons (Fsp3) is 0.381. The molecule has 0 spiro atoms. The molecule has 2 saturated heterocycles. The molecule has 8 nitrogen and oxygen atoms in total. The summed E-state index contributed by atoms with van der Waals surface area (Å²) >= 11 is 0. The summed E-state index contributed by atoms with van der Waals surface area (Å²) in [6, 6.07) is 9.08. The number of nitrogens with one attached hydrogen (secondary N) is 1. The van der Waals surface area contributed by atoms with Gasteiger partial charge in [-0.15, -0.1) is 0 Å². The largest absolute Gasteiger partial charge is 0.339 e. The van der Waals surface area contributed by atoms with Crippen molar-refractivity contribution in [3.05, 3.63) is 42.1 Å². The second-order valence-corrected chi connectivity index (χ2v) is 7.12. The van der Waals surface area contributed by atoms with Crippen LogP contribution in [0.4, 0.5) is 17.5 Å². The molecule has 2 amide bonds. The predicted molar refractivity (Wildman–Crippen MR) is 110 cm³/mol. The number of likely N-dealkylation sites (tertiary alicyclic amines) is 1. The standard InChI is InChI=1S/C20H23N5O2.CHN/c1-14-9-13-25(18(14)26)17-8-10-21-20(23-17)22-16-6-4-15(5-7-16)19(27)24-11-2-3-12-24;1-2/h4-8,10,14H,2-3,9,11-13H2,1H3,(H,21,22,23);1H. The van der Waals surface area contributed by atoms with Gasteiger partial charge in [0, 0.05) is 49.6 Å². The minimum Gasteiger partial charge on any atom is -0.339 e. The van der Waals surface area contributed by atoms with Crippen LogP contribution < -0.4 is 10.2 Å². The SMILES string of the molecule is C#N.CC1CCN(c2ccnc(Nc3ccc(C(=O)N4CCCC4)cc3)n2)C1=O. The molecule has 150 valence electrons. The van der Waals surface area contributed by atoms with Crippen molar-refractivity contribution in [3.63, 3.8) is 0 Å². The number of nitriles is 1. The van der Waals surface area contributed by atoms with Crippen molar-refractivity contribution in [2.45, 2.75) is 26.2 Å². The molecule has 1 aromatic carbocycles. The number of carbonyl (C=O) groups is 2. The lowest BCUT2D eigenvalue weighted by Crippen LogP contribution is -2.27. The molecule has 2 aliphatic rings. The summed E-state index contributed by atoms with van der Waals surface area (Å²) in [5.41, 5.74) is 1.49. The lowest BCUT2D eigenvalue weighted by Gasteiger charge is -2.16. The summed E-state index contributed by atoms with van der Waals surface area (Å²) in [7, 11) is 0. The first kappa shape index (κ1) is 20.3. The second kappa shape index (κ2) is 9.15. The van der Waals surface area contributed by atoms with E-state index in [0.717, 1.165) is 38.0 Å². The molecule has 29 heavy (non-hydrogen) atoms. The molecule has 1 unspecified atom stereocenters. The van der Waals surface area contributed by atoms with Crippen molar-refractivity contribution in [3.8, 4) is 6.57 Å². The molecule has 2 fully saturated rings. The molecule has 0 radical (unpaired) electrons. The highest BCUT2D eigenvalue weighted by molar-refractivity contribution is 5.96.